The van der Waals surface area contributed by atoms with Crippen LogP contribution >= 0.6 is 0 Å². The van der Waals surface area contributed by atoms with Crippen molar-refractivity contribution >= 4 is 10.9 Å². The Balaban J connectivity index is 2.05. The SMILES string of the molecule is Cc1cc2c(-c3cccnc3)nc(-c3c(C)noc3C)cc2[nH]1. The molecule has 0 saturated carbocycles. The van der Waals surface area contributed by atoms with Gasteiger partial charge in [-0.15, -0.1) is 0 Å². The highest BCUT2D eigenvalue weighted by Gasteiger charge is 2.17. The molecule has 0 fully saturated rings. The first-order valence-electron chi connectivity index (χ1n) is 7.47. The van der Waals surface area contributed by atoms with Crippen molar-refractivity contribution in [3.8, 4) is 22.5 Å². The summed E-state index contributed by atoms with van der Waals surface area (Å²) in [5.74, 6) is 0.773. The van der Waals surface area contributed by atoms with Crippen LogP contribution in [-0.2, 0) is 0 Å². The molecule has 0 aliphatic carbocycles. The Hall–Kier alpha value is -2.95. The van der Waals surface area contributed by atoms with E-state index in [0.717, 1.165) is 50.6 Å². The number of H-pyrrole nitrogens is 1. The van der Waals surface area contributed by atoms with Crippen LogP contribution in [0, 0.1) is 20.8 Å². The van der Waals surface area contributed by atoms with E-state index in [9.17, 15) is 0 Å². The van der Waals surface area contributed by atoms with Gasteiger partial charge in [0.25, 0.3) is 0 Å². The van der Waals surface area contributed by atoms with Gasteiger partial charge in [-0.2, -0.15) is 0 Å². The predicted octanol–water partition coefficient (Wildman–Crippen LogP) is 4.21. The Bertz CT molecular complexity index is 979. The smallest absolute Gasteiger partial charge is 0.143 e. The molecule has 4 aromatic rings. The monoisotopic (exact) mass is 304 g/mol. The van der Waals surface area contributed by atoms with Crippen molar-refractivity contribution in [2.24, 2.45) is 0 Å². The number of nitrogens with one attached hydrogen (secondary N) is 1. The number of hydrogen-bond donors (Lipinski definition) is 1. The number of pyridine rings is 2. The zero-order valence-electron chi connectivity index (χ0n) is 13.2. The van der Waals surface area contributed by atoms with Crippen LogP contribution in [0.25, 0.3) is 33.4 Å². The van der Waals surface area contributed by atoms with Gasteiger partial charge in [-0.3, -0.25) is 4.98 Å². The van der Waals surface area contributed by atoms with Crippen molar-refractivity contribution in [2.75, 3.05) is 0 Å². The minimum Gasteiger partial charge on any atom is -0.361 e. The van der Waals surface area contributed by atoms with Gasteiger partial charge in [0.2, 0.25) is 0 Å². The zero-order chi connectivity index (χ0) is 16.0. The average Bonchev–Trinajstić information content (AvgIpc) is 3.08. The predicted molar refractivity (Wildman–Crippen MR) is 89.0 cm³/mol. The van der Waals surface area contributed by atoms with Crippen molar-refractivity contribution < 1.29 is 4.52 Å². The summed E-state index contributed by atoms with van der Waals surface area (Å²) in [5, 5.41) is 5.13. The summed E-state index contributed by atoms with van der Waals surface area (Å²) in [6.45, 7) is 5.88. The minimum absolute atomic E-state index is 0.773. The molecule has 23 heavy (non-hydrogen) atoms. The minimum atomic E-state index is 0.773. The molecule has 0 radical (unpaired) electrons. The van der Waals surface area contributed by atoms with Crippen LogP contribution in [0.15, 0.2) is 41.2 Å². The van der Waals surface area contributed by atoms with Crippen LogP contribution in [0.3, 0.4) is 0 Å². The molecule has 0 aliphatic heterocycles. The van der Waals surface area contributed by atoms with Crippen LogP contribution in [0.5, 0.6) is 0 Å². The second-order valence-electron chi connectivity index (χ2n) is 5.71. The maximum atomic E-state index is 5.30. The molecule has 1 N–H and O–H groups in total. The standard InChI is InChI=1S/C18H16N4O/c1-10-7-14-15(20-10)8-16(17-11(2)22-23-12(17)3)21-18(14)13-5-4-6-19-9-13/h4-9,20H,1-3H3. The van der Waals surface area contributed by atoms with E-state index in [1.165, 1.54) is 0 Å². The molecule has 0 amide bonds. The number of aromatic nitrogens is 4. The highest BCUT2D eigenvalue weighted by Crippen LogP contribution is 2.33. The van der Waals surface area contributed by atoms with E-state index in [2.05, 4.69) is 27.3 Å². The third-order valence-electron chi connectivity index (χ3n) is 3.98. The lowest BCUT2D eigenvalue weighted by atomic mass is 10.1. The Labute approximate surface area is 133 Å². The molecule has 5 heteroatoms. The van der Waals surface area contributed by atoms with Crippen molar-refractivity contribution in [1.29, 1.82) is 0 Å². The summed E-state index contributed by atoms with van der Waals surface area (Å²) in [4.78, 5) is 12.5. The van der Waals surface area contributed by atoms with Crippen molar-refractivity contribution in [1.82, 2.24) is 20.1 Å². The number of fused-ring (bicyclic) bond motifs is 1. The van der Waals surface area contributed by atoms with Gasteiger partial charge in [0.15, 0.2) is 0 Å². The Morgan fingerprint density at radius 1 is 1.13 bits per heavy atom. The van der Waals surface area contributed by atoms with E-state index >= 15 is 0 Å². The number of rotatable bonds is 2. The van der Waals surface area contributed by atoms with Gasteiger partial charge < -0.3 is 9.51 Å². The fraction of sp³-hybridized carbons (Fsp3) is 0.167. The molecule has 0 bridgehead atoms. The van der Waals surface area contributed by atoms with Crippen molar-refractivity contribution in [3.63, 3.8) is 0 Å². The summed E-state index contributed by atoms with van der Waals surface area (Å²) < 4.78 is 5.30. The lowest BCUT2D eigenvalue weighted by Gasteiger charge is -2.07. The lowest BCUT2D eigenvalue weighted by molar-refractivity contribution is 0.393. The molecule has 0 aliphatic rings. The second kappa shape index (κ2) is 5.05. The molecule has 0 spiro atoms. The molecule has 4 aromatic heterocycles. The molecule has 0 aromatic carbocycles. The topological polar surface area (TPSA) is 67.6 Å². The number of nitrogens with zero attached hydrogens (tertiary/aromatic N) is 3. The summed E-state index contributed by atoms with van der Waals surface area (Å²) in [5.41, 5.74) is 6.70. The van der Waals surface area contributed by atoms with E-state index in [4.69, 9.17) is 9.51 Å². The van der Waals surface area contributed by atoms with Crippen LogP contribution in [0.4, 0.5) is 0 Å². The molecule has 0 atom stereocenters. The van der Waals surface area contributed by atoms with Gasteiger partial charge in [0, 0.05) is 34.6 Å². The molecule has 0 unspecified atom stereocenters. The van der Waals surface area contributed by atoms with Crippen LogP contribution in [-0.4, -0.2) is 20.1 Å². The largest absolute Gasteiger partial charge is 0.361 e. The molecule has 4 heterocycles. The fourth-order valence-electron chi connectivity index (χ4n) is 2.97. The van der Waals surface area contributed by atoms with Gasteiger partial charge in [-0.25, -0.2) is 4.98 Å². The van der Waals surface area contributed by atoms with Gasteiger partial charge in [0.05, 0.1) is 22.6 Å². The lowest BCUT2D eigenvalue weighted by Crippen LogP contribution is -1.92. The van der Waals surface area contributed by atoms with Gasteiger partial charge in [-0.1, -0.05) is 5.16 Å². The third-order valence-corrected chi connectivity index (χ3v) is 3.98. The first-order chi connectivity index (χ1) is 11.1. The summed E-state index contributed by atoms with van der Waals surface area (Å²) in [7, 11) is 0. The number of aromatic amines is 1. The number of aryl methyl sites for hydroxylation is 3. The highest BCUT2D eigenvalue weighted by molar-refractivity contribution is 5.95. The Kier molecular flexibility index (Phi) is 3.01. The normalized spacial score (nSPS) is 11.3. The highest BCUT2D eigenvalue weighted by atomic mass is 16.5. The molecule has 114 valence electrons. The van der Waals surface area contributed by atoms with E-state index in [0.29, 0.717) is 0 Å². The van der Waals surface area contributed by atoms with Gasteiger partial charge in [-0.05, 0) is 45.0 Å². The van der Waals surface area contributed by atoms with E-state index in [1.807, 2.05) is 39.1 Å². The zero-order valence-corrected chi connectivity index (χ0v) is 13.2. The fourth-order valence-corrected chi connectivity index (χ4v) is 2.97. The second-order valence-corrected chi connectivity index (χ2v) is 5.71. The molecular weight excluding hydrogens is 288 g/mol. The summed E-state index contributed by atoms with van der Waals surface area (Å²) >= 11 is 0. The van der Waals surface area contributed by atoms with Crippen molar-refractivity contribution in [3.05, 3.63) is 53.8 Å². The van der Waals surface area contributed by atoms with Crippen molar-refractivity contribution in [2.45, 2.75) is 20.8 Å². The summed E-state index contributed by atoms with van der Waals surface area (Å²) in [6.07, 6.45) is 3.60. The first kappa shape index (κ1) is 13.7. The van der Waals surface area contributed by atoms with E-state index in [-0.39, 0.29) is 0 Å². The first-order valence-corrected chi connectivity index (χ1v) is 7.47. The maximum Gasteiger partial charge on any atom is 0.143 e. The third kappa shape index (κ3) is 2.21. The molecule has 4 rings (SSSR count). The van der Waals surface area contributed by atoms with Crippen LogP contribution < -0.4 is 0 Å². The average molecular weight is 304 g/mol. The van der Waals surface area contributed by atoms with Crippen LogP contribution in [0.2, 0.25) is 0 Å². The molecule has 5 nitrogen and oxygen atoms in total. The van der Waals surface area contributed by atoms with E-state index < -0.39 is 0 Å². The van der Waals surface area contributed by atoms with Gasteiger partial charge >= 0.3 is 0 Å². The number of hydrogen-bond acceptors (Lipinski definition) is 4. The van der Waals surface area contributed by atoms with E-state index in [1.54, 1.807) is 6.20 Å². The molecule has 0 saturated heterocycles. The van der Waals surface area contributed by atoms with Gasteiger partial charge in [0.1, 0.15) is 5.76 Å². The Morgan fingerprint density at radius 3 is 2.70 bits per heavy atom. The summed E-state index contributed by atoms with van der Waals surface area (Å²) in [6, 6.07) is 8.11. The molecular formula is C18H16N4O. The Morgan fingerprint density at radius 2 is 2.00 bits per heavy atom. The van der Waals surface area contributed by atoms with Crippen LogP contribution in [0.1, 0.15) is 17.1 Å². The quantitative estimate of drug-likeness (QED) is 0.602. The maximum absolute atomic E-state index is 5.30.